The van der Waals surface area contributed by atoms with Gasteiger partial charge in [0.05, 0.1) is 29.4 Å². The van der Waals surface area contributed by atoms with E-state index in [2.05, 4.69) is 10.9 Å². The van der Waals surface area contributed by atoms with E-state index in [9.17, 15) is 31.2 Å². The molecule has 0 radical (unpaired) electrons. The summed E-state index contributed by atoms with van der Waals surface area (Å²) in [5, 5.41) is 0. The van der Waals surface area contributed by atoms with Crippen LogP contribution in [0.3, 0.4) is 0 Å². The maximum atomic E-state index is 12.6. The van der Waals surface area contributed by atoms with Crippen LogP contribution in [0.1, 0.15) is 17.5 Å². The zero-order valence-electron chi connectivity index (χ0n) is 12.4. The Labute approximate surface area is 136 Å². The molecule has 24 heavy (non-hydrogen) atoms. The molecule has 1 heterocycles. The molecule has 1 fully saturated rings. The summed E-state index contributed by atoms with van der Waals surface area (Å²) in [6.07, 6.45) is -4.68. The van der Waals surface area contributed by atoms with Crippen molar-refractivity contribution in [1.82, 2.24) is 10.9 Å². The van der Waals surface area contributed by atoms with Crippen molar-refractivity contribution in [2.45, 2.75) is 19.0 Å². The van der Waals surface area contributed by atoms with Crippen molar-refractivity contribution in [1.29, 1.82) is 0 Å². The number of halogens is 3. The lowest BCUT2D eigenvalue weighted by Crippen LogP contribution is -2.45. The summed E-state index contributed by atoms with van der Waals surface area (Å²) in [6.45, 7) is 0. The second-order valence-corrected chi connectivity index (χ2v) is 7.74. The smallest absolute Gasteiger partial charge is 0.273 e. The van der Waals surface area contributed by atoms with Crippen LogP contribution in [0, 0.1) is 5.92 Å². The van der Waals surface area contributed by atoms with Gasteiger partial charge in [0, 0.05) is 0 Å². The number of sulfone groups is 1. The maximum absolute atomic E-state index is 12.6. The number of hydrogen-bond acceptors (Lipinski definition) is 4. The van der Waals surface area contributed by atoms with Crippen LogP contribution in [0.15, 0.2) is 24.3 Å². The number of nitrogens with one attached hydrogen (secondary N) is 2. The van der Waals surface area contributed by atoms with Crippen LogP contribution < -0.4 is 10.9 Å². The summed E-state index contributed by atoms with van der Waals surface area (Å²) < 4.78 is 60.3. The van der Waals surface area contributed by atoms with E-state index in [-0.39, 0.29) is 29.9 Å². The average Bonchev–Trinajstić information content (AvgIpc) is 2.84. The fourth-order valence-electron chi connectivity index (χ4n) is 2.32. The van der Waals surface area contributed by atoms with Crippen LogP contribution in [0.4, 0.5) is 13.2 Å². The van der Waals surface area contributed by atoms with Gasteiger partial charge in [-0.05, 0) is 18.1 Å². The molecule has 0 saturated carbocycles. The molecule has 10 heteroatoms. The Morgan fingerprint density at radius 2 is 1.92 bits per heavy atom. The van der Waals surface area contributed by atoms with Gasteiger partial charge in [-0.2, -0.15) is 13.2 Å². The third-order valence-electron chi connectivity index (χ3n) is 3.55. The molecule has 132 valence electrons. The van der Waals surface area contributed by atoms with Gasteiger partial charge in [-0.15, -0.1) is 0 Å². The molecular weight excluding hydrogens is 349 g/mol. The normalized spacial score (nSPS) is 19.7. The van der Waals surface area contributed by atoms with Crippen molar-refractivity contribution in [2.75, 3.05) is 11.5 Å². The Balaban J connectivity index is 1.87. The summed E-state index contributed by atoms with van der Waals surface area (Å²) in [7, 11) is -3.23. The molecule has 1 atom stereocenters. The van der Waals surface area contributed by atoms with Crippen LogP contribution in [0.25, 0.3) is 0 Å². The summed E-state index contributed by atoms with van der Waals surface area (Å²) in [5.41, 5.74) is 3.45. The minimum Gasteiger partial charge on any atom is -0.273 e. The van der Waals surface area contributed by atoms with Crippen LogP contribution in [-0.2, 0) is 32.0 Å². The first-order valence-corrected chi connectivity index (χ1v) is 8.84. The zero-order chi connectivity index (χ0) is 18.0. The molecule has 0 aromatic heterocycles. The highest BCUT2D eigenvalue weighted by atomic mass is 32.2. The fourth-order valence-corrected chi connectivity index (χ4v) is 4.06. The van der Waals surface area contributed by atoms with E-state index in [0.29, 0.717) is 0 Å². The summed E-state index contributed by atoms with van der Waals surface area (Å²) in [6, 6.07) is 4.29. The molecule has 2 N–H and O–H groups in total. The topological polar surface area (TPSA) is 92.3 Å². The van der Waals surface area contributed by atoms with Gasteiger partial charge >= 0.3 is 6.18 Å². The molecule has 0 aliphatic carbocycles. The lowest BCUT2D eigenvalue weighted by atomic mass is 10.1. The van der Waals surface area contributed by atoms with E-state index in [1.165, 1.54) is 12.1 Å². The third-order valence-corrected chi connectivity index (χ3v) is 5.32. The van der Waals surface area contributed by atoms with Gasteiger partial charge in [-0.25, -0.2) is 8.42 Å². The Morgan fingerprint density at radius 1 is 1.21 bits per heavy atom. The second kappa shape index (κ2) is 6.80. The van der Waals surface area contributed by atoms with Crippen LogP contribution in [-0.4, -0.2) is 31.7 Å². The second-order valence-electron chi connectivity index (χ2n) is 5.51. The monoisotopic (exact) mass is 364 g/mol. The van der Waals surface area contributed by atoms with Crippen molar-refractivity contribution in [3.05, 3.63) is 35.4 Å². The number of hydrazine groups is 1. The van der Waals surface area contributed by atoms with E-state index in [4.69, 9.17) is 0 Å². The van der Waals surface area contributed by atoms with Crippen molar-refractivity contribution >= 4 is 21.7 Å². The SMILES string of the molecule is O=C(Cc1cccc(C(F)(F)F)c1)NNC(=O)C1CCS(=O)(=O)C1. The van der Waals surface area contributed by atoms with E-state index < -0.39 is 39.3 Å². The molecular formula is C14H15F3N2O4S. The van der Waals surface area contributed by atoms with Gasteiger partial charge in [0.25, 0.3) is 0 Å². The van der Waals surface area contributed by atoms with Crippen molar-refractivity contribution in [3.63, 3.8) is 0 Å². The minimum atomic E-state index is -4.51. The summed E-state index contributed by atoms with van der Waals surface area (Å²) in [4.78, 5) is 23.4. The minimum absolute atomic E-state index is 0.0801. The zero-order valence-corrected chi connectivity index (χ0v) is 13.2. The Hall–Kier alpha value is -2.10. The van der Waals surface area contributed by atoms with Crippen molar-refractivity contribution < 1.29 is 31.2 Å². The van der Waals surface area contributed by atoms with Crippen molar-refractivity contribution in [3.8, 4) is 0 Å². The molecule has 6 nitrogen and oxygen atoms in total. The predicted octanol–water partition coefficient (Wildman–Crippen LogP) is 0.830. The Kier molecular flexibility index (Phi) is 5.16. The largest absolute Gasteiger partial charge is 0.416 e. The fraction of sp³-hybridized carbons (Fsp3) is 0.429. The molecule has 1 aromatic rings. The van der Waals surface area contributed by atoms with E-state index >= 15 is 0 Å². The van der Waals surface area contributed by atoms with E-state index in [1.54, 1.807) is 0 Å². The lowest BCUT2D eigenvalue weighted by Gasteiger charge is -2.11. The number of carbonyl (C=O) groups excluding carboxylic acids is 2. The number of hydrogen-bond donors (Lipinski definition) is 2. The van der Waals surface area contributed by atoms with Gasteiger partial charge in [-0.3, -0.25) is 20.4 Å². The molecule has 1 aromatic carbocycles. The molecule has 0 bridgehead atoms. The van der Waals surface area contributed by atoms with Gasteiger partial charge in [0.15, 0.2) is 9.84 Å². The molecule has 1 unspecified atom stereocenters. The molecule has 0 spiro atoms. The number of alkyl halides is 3. The molecule has 1 aliphatic rings. The lowest BCUT2D eigenvalue weighted by molar-refractivity contribution is -0.137. The highest BCUT2D eigenvalue weighted by molar-refractivity contribution is 7.91. The maximum Gasteiger partial charge on any atom is 0.416 e. The number of rotatable bonds is 3. The Morgan fingerprint density at radius 3 is 2.50 bits per heavy atom. The first kappa shape index (κ1) is 18.2. The first-order valence-electron chi connectivity index (χ1n) is 7.02. The molecule has 1 aliphatic heterocycles. The number of amides is 2. The predicted molar refractivity (Wildman–Crippen MR) is 78.2 cm³/mol. The highest BCUT2D eigenvalue weighted by Crippen LogP contribution is 2.29. The van der Waals surface area contributed by atoms with Crippen LogP contribution >= 0.6 is 0 Å². The van der Waals surface area contributed by atoms with E-state index in [0.717, 1.165) is 12.1 Å². The third kappa shape index (κ3) is 4.95. The van der Waals surface area contributed by atoms with Gasteiger partial charge < -0.3 is 0 Å². The number of carbonyl (C=O) groups is 2. The van der Waals surface area contributed by atoms with Gasteiger partial charge in [0.2, 0.25) is 11.8 Å². The summed E-state index contributed by atoms with van der Waals surface area (Å²) in [5.74, 6) is -2.42. The molecule has 2 amide bonds. The van der Waals surface area contributed by atoms with Crippen LogP contribution in [0.5, 0.6) is 0 Å². The average molecular weight is 364 g/mol. The van der Waals surface area contributed by atoms with E-state index in [1.807, 2.05) is 0 Å². The standard InChI is InChI=1S/C14H15F3N2O4S/c15-14(16,17)11-3-1-2-9(6-11)7-12(20)18-19-13(21)10-4-5-24(22,23)8-10/h1-3,6,10H,4-5,7-8H2,(H,18,20)(H,19,21). The van der Waals surface area contributed by atoms with Gasteiger partial charge in [0.1, 0.15) is 0 Å². The summed E-state index contributed by atoms with van der Waals surface area (Å²) >= 11 is 0. The number of benzene rings is 1. The molecule has 2 rings (SSSR count). The van der Waals surface area contributed by atoms with Crippen molar-refractivity contribution in [2.24, 2.45) is 5.92 Å². The Bertz CT molecular complexity index is 747. The highest BCUT2D eigenvalue weighted by Gasteiger charge is 2.33. The first-order chi connectivity index (χ1) is 11.1. The quantitative estimate of drug-likeness (QED) is 0.777. The molecule has 1 saturated heterocycles. The van der Waals surface area contributed by atoms with Gasteiger partial charge in [-0.1, -0.05) is 18.2 Å². The van der Waals surface area contributed by atoms with Crippen LogP contribution in [0.2, 0.25) is 0 Å².